The molecule has 3 aliphatic rings. The van der Waals surface area contributed by atoms with Crippen LogP contribution in [0.5, 0.6) is 0 Å². The molecule has 0 amide bonds. The molecule has 0 aromatic rings. The molecule has 2 aliphatic carbocycles. The van der Waals surface area contributed by atoms with Crippen LogP contribution < -0.4 is 22.9 Å². The first-order chi connectivity index (χ1) is 13.7. The Bertz CT molecular complexity index is 520. The van der Waals surface area contributed by atoms with Crippen molar-refractivity contribution in [2.45, 2.75) is 92.8 Å². The third-order valence-corrected chi connectivity index (χ3v) is 6.36. The van der Waals surface area contributed by atoms with Crippen LogP contribution in [0.15, 0.2) is 0 Å². The van der Waals surface area contributed by atoms with Gasteiger partial charge in [0.1, 0.15) is 18.3 Å². The molecule has 1 saturated heterocycles. The summed E-state index contributed by atoms with van der Waals surface area (Å²) in [6.45, 7) is -0.232. The van der Waals surface area contributed by atoms with E-state index in [1.165, 1.54) is 0 Å². The summed E-state index contributed by atoms with van der Waals surface area (Å²) in [6, 6.07) is -1.03. The third kappa shape index (κ3) is 5.08. The van der Waals surface area contributed by atoms with Gasteiger partial charge in [0.25, 0.3) is 0 Å². The standard InChI is InChI=1S/C18H36N4O7/c19-5-7-1-11(13(22)15(25)14(7)24)28-17-12(6-23)29-18(16(17)26)27-10-3-8(20)2-9(21)4-10/h7-18,23-26H,1-6,19-22H2/t7-,8-,9+,10?,11-,12+,13-,14+,15+,16+,17+,18+/m0/s1. The SMILES string of the molecule is NC[C@@H]1C[C@H](O[C@H]2[C@@H](O)[C@H](OC3C[C@@H](N)C[C@@H](N)C3)O[C@@H]2CO)[C@H](N)[C@@H](O)[C@@H]1O. The van der Waals surface area contributed by atoms with Gasteiger partial charge in [0.15, 0.2) is 6.29 Å². The summed E-state index contributed by atoms with van der Waals surface area (Å²) in [4.78, 5) is 0. The van der Waals surface area contributed by atoms with Crippen LogP contribution >= 0.6 is 0 Å². The zero-order valence-electron chi connectivity index (χ0n) is 16.5. The molecule has 170 valence electrons. The molecule has 1 unspecified atom stereocenters. The first kappa shape index (κ1) is 23.2. The summed E-state index contributed by atoms with van der Waals surface area (Å²) in [5.74, 6) is -0.390. The second-order valence-electron chi connectivity index (χ2n) is 8.63. The van der Waals surface area contributed by atoms with Crippen molar-refractivity contribution in [3.63, 3.8) is 0 Å². The molecule has 0 bridgehead atoms. The Balaban J connectivity index is 1.64. The normalized spacial score (nSPS) is 51.3. The Morgan fingerprint density at radius 1 is 0.862 bits per heavy atom. The molecule has 3 fully saturated rings. The van der Waals surface area contributed by atoms with Crippen LogP contribution in [-0.4, -0.2) is 101 Å². The molecule has 0 radical (unpaired) electrons. The molecule has 2 saturated carbocycles. The lowest BCUT2D eigenvalue weighted by atomic mass is 9.79. The number of ether oxygens (including phenoxy) is 3. The van der Waals surface area contributed by atoms with Crippen molar-refractivity contribution in [2.24, 2.45) is 28.9 Å². The molecule has 3 rings (SSSR count). The van der Waals surface area contributed by atoms with Crippen LogP contribution in [0.4, 0.5) is 0 Å². The molecule has 11 heteroatoms. The highest BCUT2D eigenvalue weighted by atomic mass is 16.7. The highest BCUT2D eigenvalue weighted by Gasteiger charge is 2.50. The zero-order chi connectivity index (χ0) is 21.3. The van der Waals surface area contributed by atoms with E-state index >= 15 is 0 Å². The van der Waals surface area contributed by atoms with Gasteiger partial charge in [0, 0.05) is 18.0 Å². The van der Waals surface area contributed by atoms with Gasteiger partial charge in [0.05, 0.1) is 37.1 Å². The van der Waals surface area contributed by atoms with E-state index in [1.807, 2.05) is 0 Å². The fourth-order valence-corrected chi connectivity index (χ4v) is 4.69. The summed E-state index contributed by atoms with van der Waals surface area (Å²) in [7, 11) is 0. The van der Waals surface area contributed by atoms with Gasteiger partial charge in [-0.15, -0.1) is 0 Å². The monoisotopic (exact) mass is 420 g/mol. The van der Waals surface area contributed by atoms with Gasteiger partial charge in [-0.3, -0.25) is 0 Å². The summed E-state index contributed by atoms with van der Waals surface area (Å²) in [5, 5.41) is 40.7. The van der Waals surface area contributed by atoms with Crippen molar-refractivity contribution in [3.8, 4) is 0 Å². The van der Waals surface area contributed by atoms with E-state index < -0.39 is 55.6 Å². The van der Waals surface area contributed by atoms with Crippen LogP contribution in [-0.2, 0) is 14.2 Å². The molecule has 0 aromatic carbocycles. The van der Waals surface area contributed by atoms with Gasteiger partial charge in [0.2, 0.25) is 0 Å². The summed E-state index contributed by atoms with van der Waals surface area (Å²) < 4.78 is 17.6. The largest absolute Gasteiger partial charge is 0.394 e. The van der Waals surface area contributed by atoms with Crippen molar-refractivity contribution in [1.29, 1.82) is 0 Å². The first-order valence-electron chi connectivity index (χ1n) is 10.3. The molecular weight excluding hydrogens is 384 g/mol. The minimum Gasteiger partial charge on any atom is -0.394 e. The Kier molecular flexibility index (Phi) is 7.84. The maximum absolute atomic E-state index is 10.7. The summed E-state index contributed by atoms with van der Waals surface area (Å²) in [6.07, 6.45) is -4.84. The third-order valence-electron chi connectivity index (χ3n) is 6.36. The fourth-order valence-electron chi connectivity index (χ4n) is 4.69. The predicted octanol–water partition coefficient (Wildman–Crippen LogP) is -3.93. The lowest BCUT2D eigenvalue weighted by Gasteiger charge is -2.42. The summed E-state index contributed by atoms with van der Waals surface area (Å²) >= 11 is 0. The van der Waals surface area contributed by atoms with E-state index in [1.54, 1.807) is 0 Å². The fraction of sp³-hybridized carbons (Fsp3) is 1.00. The molecule has 1 aliphatic heterocycles. The molecule has 11 nitrogen and oxygen atoms in total. The highest BCUT2D eigenvalue weighted by Crippen LogP contribution is 2.33. The first-order valence-corrected chi connectivity index (χ1v) is 10.3. The van der Waals surface area contributed by atoms with Gasteiger partial charge in [-0.1, -0.05) is 0 Å². The van der Waals surface area contributed by atoms with Crippen LogP contribution in [0.2, 0.25) is 0 Å². The van der Waals surface area contributed by atoms with Crippen LogP contribution in [0.1, 0.15) is 25.7 Å². The van der Waals surface area contributed by atoms with Crippen molar-refractivity contribution in [2.75, 3.05) is 13.2 Å². The van der Waals surface area contributed by atoms with Crippen molar-refractivity contribution >= 4 is 0 Å². The molecule has 0 aromatic heterocycles. The number of hydrogen-bond donors (Lipinski definition) is 8. The second-order valence-corrected chi connectivity index (χ2v) is 8.63. The van der Waals surface area contributed by atoms with E-state index in [9.17, 15) is 20.4 Å². The smallest absolute Gasteiger partial charge is 0.186 e. The maximum Gasteiger partial charge on any atom is 0.186 e. The van der Waals surface area contributed by atoms with Crippen molar-refractivity contribution < 1.29 is 34.6 Å². The lowest BCUT2D eigenvalue weighted by molar-refractivity contribution is -0.200. The van der Waals surface area contributed by atoms with Crippen LogP contribution in [0, 0.1) is 5.92 Å². The van der Waals surface area contributed by atoms with Gasteiger partial charge < -0.3 is 57.6 Å². The molecule has 12 N–H and O–H groups in total. The van der Waals surface area contributed by atoms with Crippen LogP contribution in [0.3, 0.4) is 0 Å². The minimum absolute atomic E-state index is 0.0793. The second kappa shape index (κ2) is 9.79. The van der Waals surface area contributed by atoms with Gasteiger partial charge in [-0.25, -0.2) is 0 Å². The minimum atomic E-state index is -1.20. The molecule has 0 spiro atoms. The van der Waals surface area contributed by atoms with E-state index in [0.717, 1.165) is 6.42 Å². The number of hydrogen-bond acceptors (Lipinski definition) is 11. The van der Waals surface area contributed by atoms with E-state index in [2.05, 4.69) is 0 Å². The number of rotatable bonds is 6. The average molecular weight is 421 g/mol. The Labute approximate surface area is 170 Å². The van der Waals surface area contributed by atoms with E-state index in [4.69, 9.17) is 37.1 Å². The van der Waals surface area contributed by atoms with Crippen molar-refractivity contribution in [1.82, 2.24) is 0 Å². The number of aliphatic hydroxyl groups excluding tert-OH is 4. The Morgan fingerprint density at radius 3 is 2.10 bits per heavy atom. The van der Waals surface area contributed by atoms with Gasteiger partial charge in [-0.05, 0) is 32.2 Å². The summed E-state index contributed by atoms with van der Waals surface area (Å²) in [5.41, 5.74) is 23.7. The topological polar surface area (TPSA) is 213 Å². The number of nitrogens with two attached hydrogens (primary N) is 4. The molecule has 12 atom stereocenters. The lowest BCUT2D eigenvalue weighted by Crippen LogP contribution is -2.61. The number of aliphatic hydroxyl groups is 4. The predicted molar refractivity (Wildman–Crippen MR) is 102 cm³/mol. The molecule has 1 heterocycles. The van der Waals surface area contributed by atoms with Crippen molar-refractivity contribution in [3.05, 3.63) is 0 Å². The van der Waals surface area contributed by atoms with E-state index in [-0.39, 0.29) is 30.7 Å². The maximum atomic E-state index is 10.7. The van der Waals surface area contributed by atoms with Gasteiger partial charge >= 0.3 is 0 Å². The Morgan fingerprint density at radius 2 is 1.52 bits per heavy atom. The van der Waals surface area contributed by atoms with Gasteiger partial charge in [-0.2, -0.15) is 0 Å². The molecular formula is C18H36N4O7. The average Bonchev–Trinajstić information content (AvgIpc) is 2.96. The zero-order valence-corrected chi connectivity index (χ0v) is 16.5. The highest BCUT2D eigenvalue weighted by molar-refractivity contribution is 4.98. The molecule has 29 heavy (non-hydrogen) atoms. The van der Waals surface area contributed by atoms with Crippen LogP contribution in [0.25, 0.3) is 0 Å². The quantitative estimate of drug-likeness (QED) is 0.208. The Hall–Kier alpha value is -0.440. The van der Waals surface area contributed by atoms with E-state index in [0.29, 0.717) is 19.3 Å².